The van der Waals surface area contributed by atoms with Crippen molar-refractivity contribution in [3.8, 4) is 0 Å². The maximum Gasteiger partial charge on any atom is 0.150 e. The highest BCUT2D eigenvalue weighted by Gasteiger charge is 2.26. The molecule has 0 aromatic heterocycles. The number of benzene rings is 1. The van der Waals surface area contributed by atoms with E-state index in [9.17, 15) is 13.6 Å². The summed E-state index contributed by atoms with van der Waals surface area (Å²) in [6, 6.07) is 2.20. The summed E-state index contributed by atoms with van der Waals surface area (Å²) in [4.78, 5) is 12.3. The van der Waals surface area contributed by atoms with Gasteiger partial charge in [0.15, 0.2) is 0 Å². The highest BCUT2D eigenvalue weighted by Crippen LogP contribution is 2.33. The van der Waals surface area contributed by atoms with Crippen molar-refractivity contribution in [2.24, 2.45) is 5.41 Å². The van der Waals surface area contributed by atoms with Gasteiger partial charge >= 0.3 is 0 Å². The van der Waals surface area contributed by atoms with Crippen molar-refractivity contribution in [3.05, 3.63) is 29.3 Å². The van der Waals surface area contributed by atoms with E-state index >= 15 is 0 Å². The number of rotatable bonds is 2. The molecule has 0 unspecified atom stereocenters. The van der Waals surface area contributed by atoms with Gasteiger partial charge in [0.1, 0.15) is 23.6 Å². The number of carbonyl (C=O) groups is 1. The fourth-order valence-corrected chi connectivity index (χ4v) is 2.60. The third kappa shape index (κ3) is 3.11. The Bertz CT molecular complexity index is 462. The molecule has 0 amide bonds. The molecule has 19 heavy (non-hydrogen) atoms. The van der Waals surface area contributed by atoms with Gasteiger partial charge in [0.2, 0.25) is 0 Å². The standard InChI is InChI=1S/C15H19F2NO/c1-15(2)4-3-6-18(7-5-15)14-12(16)8-11(10-19)9-13(14)17/h8-10H,3-7H2,1-2H3. The van der Waals surface area contributed by atoms with Crippen LogP contribution in [0.1, 0.15) is 43.5 Å². The lowest BCUT2D eigenvalue weighted by Gasteiger charge is -2.25. The van der Waals surface area contributed by atoms with Gasteiger partial charge < -0.3 is 4.90 Å². The molecule has 1 heterocycles. The van der Waals surface area contributed by atoms with Crippen molar-refractivity contribution in [2.45, 2.75) is 33.1 Å². The van der Waals surface area contributed by atoms with Crippen LogP contribution in [0.2, 0.25) is 0 Å². The van der Waals surface area contributed by atoms with Gasteiger partial charge in [-0.3, -0.25) is 4.79 Å². The molecule has 1 aromatic carbocycles. The summed E-state index contributed by atoms with van der Waals surface area (Å²) in [6.45, 7) is 5.65. The summed E-state index contributed by atoms with van der Waals surface area (Å²) in [5.74, 6) is -1.30. The van der Waals surface area contributed by atoms with E-state index in [4.69, 9.17) is 0 Å². The Hall–Kier alpha value is -1.45. The molecule has 0 aliphatic carbocycles. The molecule has 1 aliphatic rings. The second-order valence-corrected chi connectivity index (χ2v) is 5.96. The highest BCUT2D eigenvalue weighted by molar-refractivity contribution is 5.76. The van der Waals surface area contributed by atoms with Crippen molar-refractivity contribution < 1.29 is 13.6 Å². The zero-order valence-electron chi connectivity index (χ0n) is 11.4. The molecule has 0 radical (unpaired) electrons. The molecule has 1 aromatic rings. The number of nitrogens with zero attached hydrogens (tertiary/aromatic N) is 1. The zero-order chi connectivity index (χ0) is 14.0. The summed E-state index contributed by atoms with van der Waals surface area (Å²) in [5.41, 5.74) is 0.252. The molecule has 0 bridgehead atoms. The second-order valence-electron chi connectivity index (χ2n) is 5.96. The van der Waals surface area contributed by atoms with Crippen molar-refractivity contribution in [2.75, 3.05) is 18.0 Å². The molecular weight excluding hydrogens is 248 g/mol. The zero-order valence-corrected chi connectivity index (χ0v) is 11.4. The fraction of sp³-hybridized carbons (Fsp3) is 0.533. The quantitative estimate of drug-likeness (QED) is 0.760. The Kier molecular flexibility index (Phi) is 3.88. The van der Waals surface area contributed by atoms with E-state index in [0.717, 1.165) is 31.4 Å². The predicted octanol–water partition coefficient (Wildman–Crippen LogP) is 3.79. The van der Waals surface area contributed by atoms with E-state index in [-0.39, 0.29) is 16.7 Å². The predicted molar refractivity (Wildman–Crippen MR) is 71.6 cm³/mol. The Balaban J connectivity index is 2.29. The van der Waals surface area contributed by atoms with E-state index in [1.165, 1.54) is 0 Å². The molecule has 0 atom stereocenters. The van der Waals surface area contributed by atoms with E-state index in [1.807, 2.05) is 0 Å². The second kappa shape index (κ2) is 5.27. The summed E-state index contributed by atoms with van der Waals surface area (Å²) in [7, 11) is 0. The van der Waals surface area contributed by atoms with Crippen molar-refractivity contribution in [1.82, 2.24) is 0 Å². The third-order valence-electron chi connectivity index (χ3n) is 3.83. The van der Waals surface area contributed by atoms with Gasteiger partial charge in [-0.1, -0.05) is 13.8 Å². The highest BCUT2D eigenvalue weighted by atomic mass is 19.1. The Morgan fingerprint density at radius 1 is 1.16 bits per heavy atom. The molecule has 1 fully saturated rings. The molecule has 104 valence electrons. The van der Waals surface area contributed by atoms with E-state index < -0.39 is 11.6 Å². The maximum absolute atomic E-state index is 14.0. The molecule has 0 spiro atoms. The van der Waals surface area contributed by atoms with Gasteiger partial charge in [-0.25, -0.2) is 8.78 Å². The lowest BCUT2D eigenvalue weighted by atomic mass is 9.85. The number of anilines is 1. The minimum atomic E-state index is -0.651. The first-order valence-electron chi connectivity index (χ1n) is 6.62. The summed E-state index contributed by atoms with van der Waals surface area (Å²) >= 11 is 0. The van der Waals surface area contributed by atoms with Crippen LogP contribution in [0, 0.1) is 17.0 Å². The number of hydrogen-bond donors (Lipinski definition) is 0. The SMILES string of the molecule is CC1(C)CCCN(c2c(F)cc(C=O)cc2F)CC1. The van der Waals surface area contributed by atoms with Gasteiger partial charge in [-0.05, 0) is 36.8 Å². The third-order valence-corrected chi connectivity index (χ3v) is 3.83. The van der Waals surface area contributed by atoms with Gasteiger partial charge in [0.25, 0.3) is 0 Å². The summed E-state index contributed by atoms with van der Waals surface area (Å²) < 4.78 is 27.9. The van der Waals surface area contributed by atoms with E-state index in [1.54, 1.807) is 4.90 Å². The minimum absolute atomic E-state index is 0.00306. The molecule has 2 nitrogen and oxygen atoms in total. The van der Waals surface area contributed by atoms with E-state index in [0.29, 0.717) is 19.4 Å². The van der Waals surface area contributed by atoms with Gasteiger partial charge in [-0.2, -0.15) is 0 Å². The van der Waals surface area contributed by atoms with Crippen molar-refractivity contribution in [3.63, 3.8) is 0 Å². The first-order valence-corrected chi connectivity index (χ1v) is 6.62. The smallest absolute Gasteiger partial charge is 0.150 e. The molecule has 4 heteroatoms. The van der Waals surface area contributed by atoms with Crippen molar-refractivity contribution in [1.29, 1.82) is 0 Å². The first kappa shape index (κ1) is 14.0. The fourth-order valence-electron chi connectivity index (χ4n) is 2.60. The molecule has 1 aliphatic heterocycles. The molecule has 0 N–H and O–H groups in total. The van der Waals surface area contributed by atoms with Gasteiger partial charge in [0, 0.05) is 18.7 Å². The number of hydrogen-bond acceptors (Lipinski definition) is 2. The first-order chi connectivity index (χ1) is 8.93. The van der Waals surface area contributed by atoms with Crippen LogP contribution in [-0.2, 0) is 0 Å². The minimum Gasteiger partial charge on any atom is -0.367 e. The molecule has 0 saturated carbocycles. The number of carbonyl (C=O) groups excluding carboxylic acids is 1. The molecular formula is C15H19F2NO. The van der Waals surface area contributed by atoms with Crippen LogP contribution < -0.4 is 4.90 Å². The lowest BCUT2D eigenvalue weighted by Crippen LogP contribution is -2.27. The molecule has 2 rings (SSSR count). The molecule has 1 saturated heterocycles. The van der Waals surface area contributed by atoms with Crippen LogP contribution in [0.25, 0.3) is 0 Å². The average Bonchev–Trinajstić information content (AvgIpc) is 2.50. The monoisotopic (exact) mass is 267 g/mol. The van der Waals surface area contributed by atoms with Gasteiger partial charge in [0.05, 0.1) is 0 Å². The van der Waals surface area contributed by atoms with Crippen LogP contribution in [-0.4, -0.2) is 19.4 Å². The summed E-state index contributed by atoms with van der Waals surface area (Å²) in [6.07, 6.45) is 3.34. The average molecular weight is 267 g/mol. The topological polar surface area (TPSA) is 20.3 Å². The van der Waals surface area contributed by atoms with Crippen molar-refractivity contribution >= 4 is 12.0 Å². The van der Waals surface area contributed by atoms with Crippen LogP contribution in [0.5, 0.6) is 0 Å². The van der Waals surface area contributed by atoms with Crippen LogP contribution >= 0.6 is 0 Å². The van der Waals surface area contributed by atoms with Crippen LogP contribution in [0.3, 0.4) is 0 Å². The van der Waals surface area contributed by atoms with Gasteiger partial charge in [-0.15, -0.1) is 0 Å². The van der Waals surface area contributed by atoms with Crippen LogP contribution in [0.4, 0.5) is 14.5 Å². The maximum atomic E-state index is 14.0. The normalized spacial score (nSPS) is 19.1. The Labute approximate surface area is 112 Å². The van der Waals surface area contributed by atoms with Crippen LogP contribution in [0.15, 0.2) is 12.1 Å². The number of aldehydes is 1. The Morgan fingerprint density at radius 3 is 2.37 bits per heavy atom. The number of halogens is 2. The Morgan fingerprint density at radius 2 is 1.79 bits per heavy atom. The summed E-state index contributed by atoms with van der Waals surface area (Å²) in [5, 5.41) is 0. The largest absolute Gasteiger partial charge is 0.367 e. The van der Waals surface area contributed by atoms with E-state index in [2.05, 4.69) is 13.8 Å². The lowest BCUT2D eigenvalue weighted by molar-refractivity contribution is 0.112.